The molecule has 1 saturated heterocycles. The van der Waals surface area contributed by atoms with E-state index in [-0.39, 0.29) is 11.5 Å². The average Bonchev–Trinajstić information content (AvgIpc) is 2.90. The van der Waals surface area contributed by atoms with Gasteiger partial charge in [0.25, 0.3) is 0 Å². The van der Waals surface area contributed by atoms with Gasteiger partial charge in [-0.1, -0.05) is 48.9 Å². The topological polar surface area (TPSA) is 61.7 Å². The van der Waals surface area contributed by atoms with Crippen molar-refractivity contribution in [3.63, 3.8) is 0 Å². The molecular weight excluding hydrogens is 446 g/mol. The molecule has 1 unspecified atom stereocenters. The Bertz CT molecular complexity index is 1280. The fourth-order valence-corrected chi connectivity index (χ4v) is 5.24. The third kappa shape index (κ3) is 6.00. The van der Waals surface area contributed by atoms with Crippen LogP contribution in [-0.2, 0) is 6.42 Å². The number of phenols is 2. The van der Waals surface area contributed by atoms with Gasteiger partial charge in [0.05, 0.1) is 6.61 Å². The molecule has 1 heterocycles. The smallest absolute Gasteiger partial charge is 0.119 e. The summed E-state index contributed by atoms with van der Waals surface area (Å²) < 4.78 is 6.02. The summed E-state index contributed by atoms with van der Waals surface area (Å²) in [6.45, 7) is 1.93. The number of benzene rings is 4. The molecule has 0 amide bonds. The number of hydrogen-bond acceptors (Lipinski definition) is 4. The summed E-state index contributed by atoms with van der Waals surface area (Å²) in [5, 5.41) is 25.5. The van der Waals surface area contributed by atoms with Gasteiger partial charge in [-0.3, -0.25) is 0 Å². The summed E-state index contributed by atoms with van der Waals surface area (Å²) in [4.78, 5) is 0. The Hall–Kier alpha value is -3.50. The first-order chi connectivity index (χ1) is 17.7. The lowest BCUT2D eigenvalue weighted by Crippen LogP contribution is -2.33. The van der Waals surface area contributed by atoms with Crippen molar-refractivity contribution in [2.75, 3.05) is 13.2 Å². The van der Waals surface area contributed by atoms with Crippen molar-refractivity contribution < 1.29 is 14.9 Å². The molecule has 4 nitrogen and oxygen atoms in total. The molecule has 1 atom stereocenters. The van der Waals surface area contributed by atoms with Crippen molar-refractivity contribution in [3.05, 3.63) is 90.0 Å². The van der Waals surface area contributed by atoms with Gasteiger partial charge >= 0.3 is 0 Å². The van der Waals surface area contributed by atoms with Gasteiger partial charge in [-0.25, -0.2) is 0 Å². The maximum Gasteiger partial charge on any atom is 0.119 e. The normalized spacial score (nSPS) is 15.7. The second-order valence-corrected chi connectivity index (χ2v) is 9.86. The first kappa shape index (κ1) is 24.2. The number of fused-ring (bicyclic) bond motifs is 1. The van der Waals surface area contributed by atoms with Gasteiger partial charge in [0.1, 0.15) is 17.2 Å². The summed E-state index contributed by atoms with van der Waals surface area (Å²) in [7, 11) is 0. The van der Waals surface area contributed by atoms with Crippen LogP contribution in [0.5, 0.6) is 17.2 Å². The second-order valence-electron chi connectivity index (χ2n) is 9.86. The zero-order valence-electron chi connectivity index (χ0n) is 20.7. The average molecular weight is 482 g/mol. The molecule has 1 fully saturated rings. The van der Waals surface area contributed by atoms with Crippen molar-refractivity contribution in [2.45, 2.75) is 51.0 Å². The molecule has 0 spiro atoms. The van der Waals surface area contributed by atoms with Crippen LogP contribution in [0, 0.1) is 0 Å². The van der Waals surface area contributed by atoms with E-state index < -0.39 is 0 Å². The van der Waals surface area contributed by atoms with Crippen molar-refractivity contribution >= 4 is 10.8 Å². The first-order valence-electron chi connectivity index (χ1n) is 13.1. The Balaban J connectivity index is 1.27. The summed E-state index contributed by atoms with van der Waals surface area (Å²) in [5.41, 5.74) is 4.58. The van der Waals surface area contributed by atoms with Crippen molar-refractivity contribution in [2.24, 2.45) is 0 Å². The van der Waals surface area contributed by atoms with Gasteiger partial charge < -0.3 is 20.3 Å². The molecule has 4 aromatic carbocycles. The summed E-state index contributed by atoms with van der Waals surface area (Å²) in [6, 6.07) is 26.1. The minimum absolute atomic E-state index is 0.257. The van der Waals surface area contributed by atoms with Gasteiger partial charge in [0.15, 0.2) is 0 Å². The van der Waals surface area contributed by atoms with Crippen molar-refractivity contribution in [1.82, 2.24) is 5.32 Å². The minimum atomic E-state index is 0.257. The minimum Gasteiger partial charge on any atom is -0.508 e. The molecule has 3 N–H and O–H groups in total. The van der Waals surface area contributed by atoms with Crippen LogP contribution in [0.3, 0.4) is 0 Å². The number of phenolic OH excluding ortho intramolecular Hbond substituents is 2. The van der Waals surface area contributed by atoms with E-state index in [2.05, 4.69) is 35.6 Å². The standard InChI is InChI=1S/C32H35NO3/c34-27-12-9-24(10-13-27)30-17-11-25-22-28(35)14-18-31(25)32(30)21-23-7-15-29(16-8-23)36-20-4-2-6-26-5-1-3-19-33-26/h7-18,22,26,33-35H,1-6,19-21H2. The largest absolute Gasteiger partial charge is 0.508 e. The van der Waals surface area contributed by atoms with Crippen LogP contribution in [0.1, 0.15) is 49.7 Å². The van der Waals surface area contributed by atoms with E-state index in [1.807, 2.05) is 24.3 Å². The second kappa shape index (κ2) is 11.5. The fourth-order valence-electron chi connectivity index (χ4n) is 5.24. The number of piperidine rings is 1. The lowest BCUT2D eigenvalue weighted by atomic mass is 9.90. The maximum absolute atomic E-state index is 9.98. The summed E-state index contributed by atoms with van der Waals surface area (Å²) in [5.74, 6) is 1.44. The SMILES string of the molecule is Oc1ccc(-c2ccc3cc(O)ccc3c2Cc2ccc(OCCCCC3CCCCN3)cc2)cc1. The quantitative estimate of drug-likeness (QED) is 0.221. The predicted molar refractivity (Wildman–Crippen MR) is 147 cm³/mol. The lowest BCUT2D eigenvalue weighted by Gasteiger charge is -2.23. The van der Waals surface area contributed by atoms with E-state index in [0.29, 0.717) is 6.04 Å². The summed E-state index contributed by atoms with van der Waals surface area (Å²) >= 11 is 0. The predicted octanol–water partition coefficient (Wildman–Crippen LogP) is 7.20. The molecule has 0 aromatic heterocycles. The number of aromatic hydroxyl groups is 2. The molecule has 5 rings (SSSR count). The number of unbranched alkanes of at least 4 members (excludes halogenated alkanes) is 1. The van der Waals surface area contributed by atoms with E-state index in [1.165, 1.54) is 49.8 Å². The molecule has 1 aliphatic heterocycles. The molecule has 0 saturated carbocycles. The van der Waals surface area contributed by atoms with E-state index in [4.69, 9.17) is 4.74 Å². The van der Waals surface area contributed by atoms with E-state index >= 15 is 0 Å². The fraction of sp³-hybridized carbons (Fsp3) is 0.312. The third-order valence-electron chi connectivity index (χ3n) is 7.23. The highest BCUT2D eigenvalue weighted by Gasteiger charge is 2.13. The van der Waals surface area contributed by atoms with Crippen molar-refractivity contribution in [3.8, 4) is 28.4 Å². The van der Waals surface area contributed by atoms with Crippen LogP contribution in [0.2, 0.25) is 0 Å². The Morgan fingerprint density at radius 1 is 0.806 bits per heavy atom. The van der Waals surface area contributed by atoms with E-state index in [9.17, 15) is 10.2 Å². The molecule has 0 radical (unpaired) electrons. The number of nitrogens with one attached hydrogen (secondary N) is 1. The highest BCUT2D eigenvalue weighted by Crippen LogP contribution is 2.34. The van der Waals surface area contributed by atoms with Crippen LogP contribution in [0.4, 0.5) is 0 Å². The Morgan fingerprint density at radius 3 is 2.39 bits per heavy atom. The molecule has 186 valence electrons. The lowest BCUT2D eigenvalue weighted by molar-refractivity contribution is 0.295. The van der Waals surface area contributed by atoms with Gasteiger partial charge in [0.2, 0.25) is 0 Å². The monoisotopic (exact) mass is 481 g/mol. The summed E-state index contributed by atoms with van der Waals surface area (Å²) in [6.07, 6.45) is 8.28. The number of ether oxygens (including phenoxy) is 1. The van der Waals surface area contributed by atoms with Gasteiger partial charge in [-0.15, -0.1) is 0 Å². The van der Waals surface area contributed by atoms with Crippen molar-refractivity contribution in [1.29, 1.82) is 0 Å². The van der Waals surface area contributed by atoms with E-state index in [1.54, 1.807) is 24.3 Å². The highest BCUT2D eigenvalue weighted by atomic mass is 16.5. The molecule has 0 aliphatic carbocycles. The van der Waals surface area contributed by atoms with Gasteiger partial charge in [-0.2, -0.15) is 0 Å². The van der Waals surface area contributed by atoms with Crippen LogP contribution in [0.15, 0.2) is 78.9 Å². The highest BCUT2D eigenvalue weighted by molar-refractivity contribution is 5.93. The molecular formula is C32H35NO3. The van der Waals surface area contributed by atoms with Crippen LogP contribution in [-0.4, -0.2) is 29.4 Å². The maximum atomic E-state index is 9.98. The molecule has 1 aliphatic rings. The molecule has 4 heteroatoms. The first-order valence-corrected chi connectivity index (χ1v) is 13.1. The zero-order valence-corrected chi connectivity index (χ0v) is 20.7. The molecule has 36 heavy (non-hydrogen) atoms. The van der Waals surface area contributed by atoms with Gasteiger partial charge in [-0.05, 0) is 114 Å². The Kier molecular flexibility index (Phi) is 7.73. The van der Waals surface area contributed by atoms with Crippen LogP contribution < -0.4 is 10.1 Å². The molecule has 0 bridgehead atoms. The van der Waals surface area contributed by atoms with Gasteiger partial charge in [0, 0.05) is 6.04 Å². The third-order valence-corrected chi connectivity index (χ3v) is 7.23. The Morgan fingerprint density at radius 2 is 1.61 bits per heavy atom. The number of hydrogen-bond donors (Lipinski definition) is 3. The molecule has 4 aromatic rings. The van der Waals surface area contributed by atoms with E-state index in [0.717, 1.165) is 47.1 Å². The Labute approximate surface area is 213 Å². The zero-order chi connectivity index (χ0) is 24.7. The van der Waals surface area contributed by atoms with Crippen LogP contribution in [0.25, 0.3) is 21.9 Å². The van der Waals surface area contributed by atoms with Crippen LogP contribution >= 0.6 is 0 Å². The number of rotatable bonds is 9.